The van der Waals surface area contributed by atoms with E-state index in [1.54, 1.807) is 0 Å². The van der Waals surface area contributed by atoms with Gasteiger partial charge in [0.1, 0.15) is 0 Å². The molecule has 0 aromatic rings. The molecule has 46 valence electrons. The van der Waals surface area contributed by atoms with Crippen molar-refractivity contribution in [1.82, 2.24) is 0 Å². The van der Waals surface area contributed by atoms with Crippen LogP contribution in [0.25, 0.3) is 0 Å². The lowest BCUT2D eigenvalue weighted by molar-refractivity contribution is 0.446. The highest BCUT2D eigenvalue weighted by Gasteiger charge is 2.36. The van der Waals surface area contributed by atoms with Gasteiger partial charge < -0.3 is 4.74 Å². The first kappa shape index (κ1) is 5.71. The fourth-order valence-corrected chi connectivity index (χ4v) is 0.873. The lowest BCUT2D eigenvalue weighted by Crippen LogP contribution is -2.07. The van der Waals surface area contributed by atoms with Crippen molar-refractivity contribution in [3.8, 4) is 0 Å². The van der Waals surface area contributed by atoms with E-state index >= 15 is 0 Å². The number of carbonyl (C=O) groups excluding carboxylic acids is 1. The Morgan fingerprint density at radius 1 is 1.62 bits per heavy atom. The summed E-state index contributed by atoms with van der Waals surface area (Å²) in [5.41, 5.74) is -0.912. The zero-order chi connectivity index (χ0) is 6.20. The van der Waals surface area contributed by atoms with Gasteiger partial charge in [-0.3, -0.25) is 4.79 Å². The van der Waals surface area contributed by atoms with E-state index < -0.39 is 15.3 Å². The van der Waals surface area contributed by atoms with Crippen molar-refractivity contribution in [2.75, 3.05) is 6.61 Å². The summed E-state index contributed by atoms with van der Waals surface area (Å²) in [5.74, 6) is 0. The minimum Gasteiger partial charge on any atom is -0.355 e. The van der Waals surface area contributed by atoms with E-state index in [1.807, 2.05) is 0 Å². The van der Waals surface area contributed by atoms with Gasteiger partial charge in [-0.05, 0) is 0 Å². The SMILES string of the molecule is O=CS(=O)(=O)C1CO1. The van der Waals surface area contributed by atoms with Gasteiger partial charge in [0, 0.05) is 0 Å². The molecule has 1 aliphatic rings. The largest absolute Gasteiger partial charge is 0.355 e. The van der Waals surface area contributed by atoms with E-state index in [4.69, 9.17) is 0 Å². The molecule has 0 aromatic heterocycles. The molecule has 5 heteroatoms. The molecule has 1 aliphatic heterocycles. The Labute approximate surface area is 46.4 Å². The van der Waals surface area contributed by atoms with Crippen LogP contribution in [0.5, 0.6) is 0 Å². The van der Waals surface area contributed by atoms with Gasteiger partial charge in [0.2, 0.25) is 15.5 Å². The van der Waals surface area contributed by atoms with E-state index in [0.717, 1.165) is 0 Å². The molecule has 0 amide bonds. The summed E-state index contributed by atoms with van der Waals surface area (Å²) in [6.07, 6.45) is 0. The molecule has 0 saturated carbocycles. The minimum absolute atomic E-state index is 0.0787. The molecule has 4 nitrogen and oxygen atoms in total. The van der Waals surface area contributed by atoms with Gasteiger partial charge in [0.15, 0.2) is 5.44 Å². The van der Waals surface area contributed by atoms with Gasteiger partial charge in [-0.15, -0.1) is 0 Å². The monoisotopic (exact) mass is 136 g/mol. The molecule has 8 heavy (non-hydrogen) atoms. The summed E-state index contributed by atoms with van der Waals surface area (Å²) in [6, 6.07) is 0. The van der Waals surface area contributed by atoms with Crippen molar-refractivity contribution >= 4 is 15.5 Å². The molecule has 1 heterocycles. The lowest BCUT2D eigenvalue weighted by Gasteiger charge is -1.80. The number of hydrogen-bond donors (Lipinski definition) is 0. The average molecular weight is 136 g/mol. The summed E-state index contributed by atoms with van der Waals surface area (Å²) in [6.45, 7) is 0.168. The maximum atomic E-state index is 10.3. The first-order chi connectivity index (χ1) is 3.67. The minimum atomic E-state index is -3.53. The Balaban J connectivity index is 2.79. The molecule has 1 rings (SSSR count). The molecule has 1 atom stereocenters. The number of rotatable bonds is 2. The van der Waals surface area contributed by atoms with Gasteiger partial charge >= 0.3 is 0 Å². The second-order valence-corrected chi connectivity index (χ2v) is 3.34. The Morgan fingerprint density at radius 2 is 2.12 bits per heavy atom. The smallest absolute Gasteiger partial charge is 0.237 e. The first-order valence-electron chi connectivity index (χ1n) is 1.97. The first-order valence-corrected chi connectivity index (χ1v) is 3.58. The summed E-state index contributed by atoms with van der Waals surface area (Å²) in [5, 5.41) is 0. The Hall–Kier alpha value is -0.420. The van der Waals surface area contributed by atoms with E-state index in [1.165, 1.54) is 0 Å². The average Bonchev–Trinajstić information content (AvgIpc) is 2.44. The molecular weight excluding hydrogens is 132 g/mol. The van der Waals surface area contributed by atoms with Crippen LogP contribution in [0.4, 0.5) is 0 Å². The van der Waals surface area contributed by atoms with Gasteiger partial charge in [0.05, 0.1) is 6.61 Å². The standard InChI is InChI=1S/C3H4O4S/c4-2-8(5,6)3-1-7-3/h2-3H,1H2. The van der Waals surface area contributed by atoms with Gasteiger partial charge in [-0.1, -0.05) is 0 Å². The number of sulfone groups is 1. The lowest BCUT2D eigenvalue weighted by atomic mass is 11.0. The molecule has 0 aromatic carbocycles. The zero-order valence-corrected chi connectivity index (χ0v) is 4.72. The van der Waals surface area contributed by atoms with Crippen LogP contribution in [0.3, 0.4) is 0 Å². The van der Waals surface area contributed by atoms with Crippen LogP contribution in [0.1, 0.15) is 0 Å². The second kappa shape index (κ2) is 1.53. The number of carbonyl (C=O) groups is 1. The molecule has 0 spiro atoms. The third kappa shape index (κ3) is 0.873. The quantitative estimate of drug-likeness (QED) is 0.359. The maximum absolute atomic E-state index is 10.3. The topological polar surface area (TPSA) is 63.7 Å². The van der Waals surface area contributed by atoms with Crippen LogP contribution in [0.2, 0.25) is 0 Å². The predicted octanol–water partition coefficient (Wildman–Crippen LogP) is -1.05. The predicted molar refractivity (Wildman–Crippen MR) is 25.4 cm³/mol. The van der Waals surface area contributed by atoms with Crippen LogP contribution in [0.15, 0.2) is 0 Å². The molecular formula is C3H4O4S. The van der Waals surface area contributed by atoms with Crippen LogP contribution in [-0.4, -0.2) is 26.1 Å². The van der Waals surface area contributed by atoms with Gasteiger partial charge in [0.25, 0.3) is 0 Å². The van der Waals surface area contributed by atoms with E-state index in [0.29, 0.717) is 0 Å². The van der Waals surface area contributed by atoms with Crippen molar-refractivity contribution in [2.24, 2.45) is 0 Å². The highest BCUT2D eigenvalue weighted by atomic mass is 32.2. The van der Waals surface area contributed by atoms with Crippen molar-refractivity contribution in [1.29, 1.82) is 0 Å². The third-order valence-corrected chi connectivity index (χ3v) is 2.08. The summed E-state index contributed by atoms with van der Waals surface area (Å²) in [7, 11) is -3.53. The molecule has 0 aliphatic carbocycles. The van der Waals surface area contributed by atoms with Crippen molar-refractivity contribution < 1.29 is 17.9 Å². The van der Waals surface area contributed by atoms with Crippen molar-refractivity contribution in [3.05, 3.63) is 0 Å². The fourth-order valence-electron chi connectivity index (χ4n) is 0.291. The molecule has 0 radical (unpaired) electrons. The maximum Gasteiger partial charge on any atom is 0.237 e. The van der Waals surface area contributed by atoms with Crippen LogP contribution >= 0.6 is 0 Å². The summed E-state index contributed by atoms with van der Waals surface area (Å²) in [4.78, 5) is 9.64. The number of hydrogen-bond acceptors (Lipinski definition) is 4. The second-order valence-electron chi connectivity index (χ2n) is 1.45. The van der Waals surface area contributed by atoms with E-state index in [-0.39, 0.29) is 12.2 Å². The summed E-state index contributed by atoms with van der Waals surface area (Å²) >= 11 is 0. The zero-order valence-electron chi connectivity index (χ0n) is 3.90. The van der Waals surface area contributed by atoms with Gasteiger partial charge in [-0.2, -0.15) is 0 Å². The van der Waals surface area contributed by atoms with Gasteiger partial charge in [-0.25, -0.2) is 8.42 Å². The van der Waals surface area contributed by atoms with Crippen LogP contribution in [0, 0.1) is 0 Å². The van der Waals surface area contributed by atoms with Crippen LogP contribution < -0.4 is 0 Å². The molecule has 1 unspecified atom stereocenters. The van der Waals surface area contributed by atoms with Crippen molar-refractivity contribution in [2.45, 2.75) is 5.44 Å². The van der Waals surface area contributed by atoms with E-state index in [2.05, 4.69) is 4.74 Å². The Kier molecular flexibility index (Phi) is 1.09. The summed E-state index contributed by atoms with van der Waals surface area (Å²) < 4.78 is 24.9. The highest BCUT2D eigenvalue weighted by molar-refractivity contribution is 8.04. The molecule has 0 N–H and O–H groups in total. The number of epoxide rings is 1. The van der Waals surface area contributed by atoms with Crippen molar-refractivity contribution in [3.63, 3.8) is 0 Å². The third-order valence-electron chi connectivity index (χ3n) is 0.803. The molecule has 1 saturated heterocycles. The highest BCUT2D eigenvalue weighted by Crippen LogP contribution is 2.14. The molecule has 1 fully saturated rings. The fraction of sp³-hybridized carbons (Fsp3) is 0.667. The Bertz CT molecular complexity index is 187. The Morgan fingerprint density at radius 3 is 2.25 bits per heavy atom. The van der Waals surface area contributed by atoms with E-state index in [9.17, 15) is 13.2 Å². The number of ether oxygens (including phenoxy) is 1. The molecule has 0 bridgehead atoms. The van der Waals surface area contributed by atoms with Crippen LogP contribution in [-0.2, 0) is 19.4 Å². The normalized spacial score (nSPS) is 27.2.